The van der Waals surface area contributed by atoms with Gasteiger partial charge in [-0.2, -0.15) is 0 Å². The van der Waals surface area contributed by atoms with E-state index in [1.807, 2.05) is 24.3 Å². The number of thiophene rings is 1. The van der Waals surface area contributed by atoms with Crippen LogP contribution in [0.4, 0.5) is 5.69 Å². The average molecular weight is 449 g/mol. The molecule has 2 amide bonds. The summed E-state index contributed by atoms with van der Waals surface area (Å²) in [5.74, 6) is -0.314. The molecule has 3 rings (SSSR count). The zero-order valence-corrected chi connectivity index (χ0v) is 17.9. The zero-order valence-electron chi connectivity index (χ0n) is 15.5. The Bertz CT molecular complexity index is 1010. The third-order valence-corrected chi connectivity index (χ3v) is 5.47. The monoisotopic (exact) mass is 448 g/mol. The molecule has 2 aromatic carbocycles. The summed E-state index contributed by atoms with van der Waals surface area (Å²) in [5.41, 5.74) is 0.899. The average Bonchev–Trinajstić information content (AvgIpc) is 3.12. The first kappa shape index (κ1) is 21.2. The number of hydrogen-bond acceptors (Lipinski definition) is 4. The number of nitrogens with zero attached hydrogens (tertiary/aromatic N) is 1. The lowest BCUT2D eigenvalue weighted by Gasteiger charge is -2.17. The topological polar surface area (TPSA) is 58.6 Å². The van der Waals surface area contributed by atoms with Crippen LogP contribution in [-0.4, -0.2) is 30.4 Å². The minimum atomic E-state index is -0.372. The molecule has 0 aliphatic rings. The molecule has 0 radical (unpaired) electrons. The summed E-state index contributed by atoms with van der Waals surface area (Å²) in [4.78, 5) is 27.6. The number of likely N-dealkylation sites (N-methyl/N-ethyl adjacent to an activating group) is 1. The molecule has 29 heavy (non-hydrogen) atoms. The number of hydrogen-bond donors (Lipinski definition) is 1. The summed E-state index contributed by atoms with van der Waals surface area (Å²) < 4.78 is 6.32. The van der Waals surface area contributed by atoms with Crippen LogP contribution in [0.25, 0.3) is 0 Å². The van der Waals surface area contributed by atoms with Crippen molar-refractivity contribution in [3.8, 4) is 5.75 Å². The van der Waals surface area contributed by atoms with Crippen LogP contribution < -0.4 is 10.1 Å². The van der Waals surface area contributed by atoms with Crippen LogP contribution >= 0.6 is 34.5 Å². The summed E-state index contributed by atoms with van der Waals surface area (Å²) in [6.45, 7) is 0.227. The molecule has 5 nitrogen and oxygen atoms in total. The maximum Gasteiger partial charge on any atom is 0.260 e. The third kappa shape index (κ3) is 5.97. The van der Waals surface area contributed by atoms with Gasteiger partial charge < -0.3 is 15.0 Å². The van der Waals surface area contributed by atoms with Crippen LogP contribution in [0.3, 0.4) is 0 Å². The normalized spacial score (nSPS) is 10.4. The fraction of sp³-hybridized carbons (Fsp3) is 0.143. The Morgan fingerprint density at radius 2 is 1.83 bits per heavy atom. The summed E-state index contributed by atoms with van der Waals surface area (Å²) in [5, 5.41) is 3.18. The van der Waals surface area contributed by atoms with Crippen molar-refractivity contribution in [1.82, 2.24) is 4.90 Å². The first-order valence-corrected chi connectivity index (χ1v) is 10.3. The first-order valence-electron chi connectivity index (χ1n) is 8.69. The molecule has 0 unspecified atom stereocenters. The van der Waals surface area contributed by atoms with Gasteiger partial charge in [0, 0.05) is 22.6 Å². The van der Waals surface area contributed by atoms with Crippen molar-refractivity contribution in [2.45, 2.75) is 6.54 Å². The van der Waals surface area contributed by atoms with E-state index in [0.29, 0.717) is 21.6 Å². The number of ether oxygens (including phenoxy) is 1. The molecule has 0 saturated heterocycles. The van der Waals surface area contributed by atoms with Crippen molar-refractivity contribution in [2.24, 2.45) is 0 Å². The molecule has 8 heteroatoms. The van der Waals surface area contributed by atoms with Gasteiger partial charge in [-0.25, -0.2) is 0 Å². The van der Waals surface area contributed by atoms with Gasteiger partial charge in [0.25, 0.3) is 11.8 Å². The second-order valence-electron chi connectivity index (χ2n) is 6.20. The highest BCUT2D eigenvalue weighted by atomic mass is 35.5. The molecule has 0 aliphatic carbocycles. The van der Waals surface area contributed by atoms with Crippen molar-refractivity contribution in [3.05, 3.63) is 80.5 Å². The van der Waals surface area contributed by atoms with Crippen LogP contribution in [0, 0.1) is 0 Å². The Kier molecular flexibility index (Phi) is 7.14. The molecule has 0 fully saturated rings. The summed E-state index contributed by atoms with van der Waals surface area (Å²) in [7, 11) is 1.68. The van der Waals surface area contributed by atoms with Crippen LogP contribution in [0.5, 0.6) is 5.75 Å². The molecular weight excluding hydrogens is 431 g/mol. The van der Waals surface area contributed by atoms with Gasteiger partial charge in [0.05, 0.1) is 16.4 Å². The highest BCUT2D eigenvalue weighted by molar-refractivity contribution is 7.16. The maximum absolute atomic E-state index is 12.7. The second kappa shape index (κ2) is 9.78. The highest BCUT2D eigenvalue weighted by Crippen LogP contribution is 2.25. The van der Waals surface area contributed by atoms with Crippen molar-refractivity contribution >= 4 is 52.0 Å². The van der Waals surface area contributed by atoms with E-state index >= 15 is 0 Å². The van der Waals surface area contributed by atoms with E-state index in [9.17, 15) is 9.59 Å². The lowest BCUT2D eigenvalue weighted by Crippen LogP contribution is -2.31. The SMILES string of the molecule is CN(Cc1ccc(Cl)s1)C(=O)COc1ccc(Cl)cc1C(=O)Nc1ccccc1. The number of carbonyl (C=O) groups excluding carboxylic acids is 2. The van der Waals surface area contributed by atoms with E-state index in [0.717, 1.165) is 4.88 Å². The minimum absolute atomic E-state index is 0.205. The molecule has 0 saturated carbocycles. The van der Waals surface area contributed by atoms with Gasteiger partial charge in [0.2, 0.25) is 0 Å². The van der Waals surface area contributed by atoms with E-state index < -0.39 is 0 Å². The van der Waals surface area contributed by atoms with Crippen molar-refractivity contribution < 1.29 is 14.3 Å². The Hall–Kier alpha value is -2.54. The first-order chi connectivity index (χ1) is 13.9. The zero-order chi connectivity index (χ0) is 20.8. The Morgan fingerprint density at radius 1 is 1.07 bits per heavy atom. The fourth-order valence-electron chi connectivity index (χ4n) is 2.53. The molecule has 0 atom stereocenters. The van der Waals surface area contributed by atoms with E-state index in [4.69, 9.17) is 27.9 Å². The Morgan fingerprint density at radius 3 is 2.52 bits per heavy atom. The minimum Gasteiger partial charge on any atom is -0.483 e. The van der Waals surface area contributed by atoms with Gasteiger partial charge in [-0.3, -0.25) is 9.59 Å². The third-order valence-electron chi connectivity index (χ3n) is 4.02. The van der Waals surface area contributed by atoms with E-state index in [1.54, 1.807) is 42.3 Å². The van der Waals surface area contributed by atoms with Gasteiger partial charge in [-0.1, -0.05) is 41.4 Å². The largest absolute Gasteiger partial charge is 0.483 e. The lowest BCUT2D eigenvalue weighted by molar-refractivity contribution is -0.132. The number of benzene rings is 2. The van der Waals surface area contributed by atoms with Crippen LogP contribution in [0.15, 0.2) is 60.7 Å². The summed E-state index contributed by atoms with van der Waals surface area (Å²) in [6, 6.07) is 17.4. The molecule has 0 bridgehead atoms. The number of halogens is 2. The Labute approximate surface area is 182 Å². The standard InChI is InChI=1S/C21H18Cl2N2O3S/c1-25(12-16-8-10-19(23)29-16)20(26)13-28-18-9-7-14(22)11-17(18)21(27)24-15-5-3-2-4-6-15/h2-11H,12-13H2,1H3,(H,24,27). The van der Waals surface area contributed by atoms with Gasteiger partial charge in [-0.05, 0) is 42.5 Å². The van der Waals surface area contributed by atoms with Gasteiger partial charge in [0.15, 0.2) is 6.61 Å². The van der Waals surface area contributed by atoms with Gasteiger partial charge in [0.1, 0.15) is 5.75 Å². The van der Waals surface area contributed by atoms with Crippen molar-refractivity contribution in [2.75, 3.05) is 19.0 Å². The molecule has 0 aliphatic heterocycles. The number of rotatable bonds is 7. The number of carbonyl (C=O) groups is 2. The second-order valence-corrected chi connectivity index (χ2v) is 8.44. The van der Waals surface area contributed by atoms with Crippen molar-refractivity contribution in [3.63, 3.8) is 0 Å². The van der Waals surface area contributed by atoms with Crippen LogP contribution in [-0.2, 0) is 11.3 Å². The molecule has 150 valence electrons. The van der Waals surface area contributed by atoms with E-state index in [-0.39, 0.29) is 29.7 Å². The van der Waals surface area contributed by atoms with E-state index in [2.05, 4.69) is 5.32 Å². The molecule has 1 heterocycles. The molecule has 0 spiro atoms. The predicted molar refractivity (Wildman–Crippen MR) is 117 cm³/mol. The van der Waals surface area contributed by atoms with Crippen molar-refractivity contribution in [1.29, 1.82) is 0 Å². The van der Waals surface area contributed by atoms with Gasteiger partial charge >= 0.3 is 0 Å². The molecular formula is C21H18Cl2N2O3S. The van der Waals surface area contributed by atoms with E-state index in [1.165, 1.54) is 17.4 Å². The Balaban J connectivity index is 1.65. The maximum atomic E-state index is 12.7. The molecule has 1 N–H and O–H groups in total. The summed E-state index contributed by atoms with van der Waals surface area (Å²) >= 11 is 13.4. The number of para-hydroxylation sites is 1. The molecule has 1 aromatic heterocycles. The number of nitrogens with one attached hydrogen (secondary N) is 1. The highest BCUT2D eigenvalue weighted by Gasteiger charge is 2.17. The fourth-order valence-corrected chi connectivity index (χ4v) is 3.85. The van der Waals surface area contributed by atoms with Crippen LogP contribution in [0.2, 0.25) is 9.36 Å². The number of anilines is 1. The predicted octanol–water partition coefficient (Wildman–Crippen LogP) is 5.34. The van der Waals surface area contributed by atoms with Crippen LogP contribution in [0.1, 0.15) is 15.2 Å². The lowest BCUT2D eigenvalue weighted by atomic mass is 10.2. The summed E-state index contributed by atoms with van der Waals surface area (Å²) in [6.07, 6.45) is 0. The van der Waals surface area contributed by atoms with Gasteiger partial charge in [-0.15, -0.1) is 11.3 Å². The molecule has 3 aromatic rings. The smallest absolute Gasteiger partial charge is 0.260 e. The quantitative estimate of drug-likeness (QED) is 0.530. The number of amides is 2.